The van der Waals surface area contributed by atoms with Crippen LogP contribution in [-0.2, 0) is 17.9 Å². The second-order valence-electron chi connectivity index (χ2n) is 6.40. The molecule has 0 saturated carbocycles. The third-order valence-electron chi connectivity index (χ3n) is 4.53. The predicted octanol–water partition coefficient (Wildman–Crippen LogP) is 2.13. The predicted molar refractivity (Wildman–Crippen MR) is 102 cm³/mol. The molecule has 0 spiro atoms. The van der Waals surface area contributed by atoms with Crippen LogP contribution in [0.2, 0.25) is 0 Å². The molecule has 2 heterocycles. The number of rotatable bonds is 7. The average molecular weight is 377 g/mol. The van der Waals surface area contributed by atoms with E-state index in [2.05, 4.69) is 15.4 Å². The molecule has 4 aromatic rings. The number of hydrogen-bond donors (Lipinski definition) is 1. The van der Waals surface area contributed by atoms with Crippen molar-refractivity contribution < 1.29 is 9.21 Å². The van der Waals surface area contributed by atoms with E-state index < -0.39 is 5.76 Å². The summed E-state index contributed by atoms with van der Waals surface area (Å²) < 4.78 is 8.25. The molecule has 0 saturated heterocycles. The number of hydrogen-bond acceptors (Lipinski definition) is 5. The van der Waals surface area contributed by atoms with Gasteiger partial charge in [0, 0.05) is 6.54 Å². The number of carbonyl (C=O) groups excluding carboxylic acids is 1. The fourth-order valence-corrected chi connectivity index (χ4v) is 3.16. The highest BCUT2D eigenvalue weighted by molar-refractivity contribution is 5.79. The van der Waals surface area contributed by atoms with Crippen LogP contribution in [0.15, 0.2) is 76.5 Å². The lowest BCUT2D eigenvalue weighted by Gasteiger charge is -2.19. The SMILES string of the molecule is O=C(Cn1c(=O)oc2ccccc21)NC(CCn1cncn1)c1ccccc1. The molecule has 4 rings (SSSR count). The van der Waals surface area contributed by atoms with Gasteiger partial charge in [-0.2, -0.15) is 5.10 Å². The molecule has 28 heavy (non-hydrogen) atoms. The first-order valence-corrected chi connectivity index (χ1v) is 8.96. The van der Waals surface area contributed by atoms with Crippen LogP contribution >= 0.6 is 0 Å². The number of nitrogens with one attached hydrogen (secondary N) is 1. The topological polar surface area (TPSA) is 94.9 Å². The van der Waals surface area contributed by atoms with Gasteiger partial charge in [-0.3, -0.25) is 14.0 Å². The molecule has 1 N–H and O–H groups in total. The minimum absolute atomic E-state index is 0.109. The van der Waals surface area contributed by atoms with E-state index in [1.807, 2.05) is 30.3 Å². The smallest absolute Gasteiger partial charge is 0.408 e. The van der Waals surface area contributed by atoms with E-state index in [0.717, 1.165) is 5.56 Å². The van der Waals surface area contributed by atoms with Gasteiger partial charge in [0.05, 0.1) is 11.6 Å². The van der Waals surface area contributed by atoms with Crippen LogP contribution in [0.25, 0.3) is 11.1 Å². The lowest BCUT2D eigenvalue weighted by Crippen LogP contribution is -2.34. The number of benzene rings is 2. The summed E-state index contributed by atoms with van der Waals surface area (Å²) in [6, 6.07) is 16.5. The van der Waals surface area contributed by atoms with Crippen molar-refractivity contribution in [1.82, 2.24) is 24.6 Å². The zero-order valence-electron chi connectivity index (χ0n) is 15.1. The minimum Gasteiger partial charge on any atom is -0.408 e. The second-order valence-corrected chi connectivity index (χ2v) is 6.40. The first-order chi connectivity index (χ1) is 13.7. The molecule has 1 unspecified atom stereocenters. The van der Waals surface area contributed by atoms with Crippen LogP contribution in [0.3, 0.4) is 0 Å². The van der Waals surface area contributed by atoms with E-state index in [1.165, 1.54) is 10.9 Å². The first-order valence-electron chi connectivity index (χ1n) is 8.96. The van der Waals surface area contributed by atoms with E-state index in [4.69, 9.17) is 4.42 Å². The minimum atomic E-state index is -0.546. The average Bonchev–Trinajstić information content (AvgIpc) is 3.34. The molecular weight excluding hydrogens is 358 g/mol. The van der Waals surface area contributed by atoms with Crippen LogP contribution in [0.4, 0.5) is 0 Å². The van der Waals surface area contributed by atoms with Crippen molar-refractivity contribution in [2.45, 2.75) is 25.6 Å². The Bertz CT molecular complexity index is 1120. The number of aromatic nitrogens is 4. The zero-order valence-corrected chi connectivity index (χ0v) is 15.1. The largest absolute Gasteiger partial charge is 0.420 e. The third-order valence-corrected chi connectivity index (χ3v) is 4.53. The Morgan fingerprint density at radius 1 is 1.11 bits per heavy atom. The van der Waals surface area contributed by atoms with E-state index in [1.54, 1.807) is 35.3 Å². The van der Waals surface area contributed by atoms with Crippen LogP contribution in [0.5, 0.6) is 0 Å². The molecule has 0 aliphatic heterocycles. The lowest BCUT2D eigenvalue weighted by molar-refractivity contribution is -0.122. The Kier molecular flexibility index (Phi) is 5.01. The Hall–Kier alpha value is -3.68. The van der Waals surface area contributed by atoms with Gasteiger partial charge in [0.1, 0.15) is 19.2 Å². The lowest BCUT2D eigenvalue weighted by atomic mass is 10.0. The van der Waals surface area contributed by atoms with Gasteiger partial charge in [-0.15, -0.1) is 0 Å². The highest BCUT2D eigenvalue weighted by Crippen LogP contribution is 2.18. The summed E-state index contributed by atoms with van der Waals surface area (Å²) in [4.78, 5) is 28.8. The molecule has 8 heteroatoms. The fourth-order valence-electron chi connectivity index (χ4n) is 3.16. The van der Waals surface area contributed by atoms with Crippen molar-refractivity contribution in [2.75, 3.05) is 0 Å². The molecule has 1 amide bonds. The molecule has 2 aromatic carbocycles. The monoisotopic (exact) mass is 377 g/mol. The maximum atomic E-state index is 12.7. The molecule has 0 bridgehead atoms. The van der Waals surface area contributed by atoms with Crippen molar-refractivity contribution in [3.05, 3.63) is 83.4 Å². The Labute approximate surface area is 160 Å². The number of nitrogens with zero attached hydrogens (tertiary/aromatic N) is 4. The number of carbonyl (C=O) groups is 1. The van der Waals surface area contributed by atoms with Gasteiger partial charge in [0.25, 0.3) is 0 Å². The van der Waals surface area contributed by atoms with E-state index >= 15 is 0 Å². The highest BCUT2D eigenvalue weighted by atomic mass is 16.4. The molecular formula is C20H19N5O3. The number of oxazole rings is 1. The highest BCUT2D eigenvalue weighted by Gasteiger charge is 2.17. The van der Waals surface area contributed by atoms with Gasteiger partial charge in [-0.25, -0.2) is 9.78 Å². The standard InChI is InChI=1S/C20H19N5O3/c26-19(12-25-17-8-4-5-9-18(17)28-20(25)27)23-16(15-6-2-1-3-7-15)10-11-24-14-21-13-22-24/h1-9,13-14,16H,10-12H2,(H,23,26). The summed E-state index contributed by atoms with van der Waals surface area (Å²) in [7, 11) is 0. The number of aryl methyl sites for hydroxylation is 1. The summed E-state index contributed by atoms with van der Waals surface area (Å²) in [5.41, 5.74) is 2.05. The molecule has 2 aromatic heterocycles. The molecule has 1 atom stereocenters. The molecule has 142 valence electrons. The summed E-state index contributed by atoms with van der Waals surface area (Å²) in [6.45, 7) is 0.497. The first kappa shape index (κ1) is 17.7. The third kappa shape index (κ3) is 3.85. The van der Waals surface area contributed by atoms with Crippen LogP contribution in [0, 0.1) is 0 Å². The van der Waals surface area contributed by atoms with Gasteiger partial charge >= 0.3 is 5.76 Å². The van der Waals surface area contributed by atoms with Gasteiger partial charge in [-0.05, 0) is 24.1 Å². The van der Waals surface area contributed by atoms with Crippen LogP contribution in [0.1, 0.15) is 18.0 Å². The Balaban J connectivity index is 1.51. The number of para-hydroxylation sites is 2. The maximum Gasteiger partial charge on any atom is 0.420 e. The summed E-state index contributed by atoms with van der Waals surface area (Å²) in [5.74, 6) is -0.809. The van der Waals surface area contributed by atoms with Gasteiger partial charge in [-0.1, -0.05) is 42.5 Å². The molecule has 8 nitrogen and oxygen atoms in total. The zero-order chi connectivity index (χ0) is 19.3. The van der Waals surface area contributed by atoms with Crippen molar-refractivity contribution >= 4 is 17.0 Å². The molecule has 0 aliphatic carbocycles. The van der Waals surface area contributed by atoms with E-state index in [9.17, 15) is 9.59 Å². The van der Waals surface area contributed by atoms with Crippen LogP contribution < -0.4 is 11.1 Å². The summed E-state index contributed by atoms with van der Waals surface area (Å²) in [5, 5.41) is 7.13. The molecule has 0 radical (unpaired) electrons. The summed E-state index contributed by atoms with van der Waals surface area (Å²) in [6.07, 6.45) is 3.76. The van der Waals surface area contributed by atoms with Gasteiger partial charge in [0.15, 0.2) is 5.58 Å². The van der Waals surface area contributed by atoms with Gasteiger partial charge < -0.3 is 9.73 Å². The van der Waals surface area contributed by atoms with E-state index in [-0.39, 0.29) is 18.5 Å². The maximum absolute atomic E-state index is 12.7. The molecule has 0 fully saturated rings. The normalized spacial score (nSPS) is 12.1. The van der Waals surface area contributed by atoms with E-state index in [0.29, 0.717) is 24.1 Å². The van der Waals surface area contributed by atoms with Crippen molar-refractivity contribution in [2.24, 2.45) is 0 Å². The number of fused-ring (bicyclic) bond motifs is 1. The van der Waals surface area contributed by atoms with Crippen molar-refractivity contribution in [1.29, 1.82) is 0 Å². The summed E-state index contributed by atoms with van der Waals surface area (Å²) >= 11 is 0. The van der Waals surface area contributed by atoms with Gasteiger partial charge in [0.2, 0.25) is 5.91 Å². The van der Waals surface area contributed by atoms with Crippen LogP contribution in [-0.4, -0.2) is 25.2 Å². The van der Waals surface area contributed by atoms with Crippen molar-refractivity contribution in [3.63, 3.8) is 0 Å². The Morgan fingerprint density at radius 3 is 2.68 bits per heavy atom. The number of amides is 1. The Morgan fingerprint density at radius 2 is 1.89 bits per heavy atom. The quantitative estimate of drug-likeness (QED) is 0.532. The fraction of sp³-hybridized carbons (Fsp3) is 0.200. The molecule has 0 aliphatic rings. The second kappa shape index (κ2) is 7.91. The van der Waals surface area contributed by atoms with Crippen molar-refractivity contribution in [3.8, 4) is 0 Å².